The van der Waals surface area contributed by atoms with Crippen LogP contribution in [0.5, 0.6) is 0 Å². The first-order chi connectivity index (χ1) is 5.61. The third-order valence-corrected chi connectivity index (χ3v) is 1.26. The molecule has 0 amide bonds. The zero-order valence-corrected chi connectivity index (χ0v) is 6.85. The number of hydrogen-bond donors (Lipinski definition) is 1. The highest BCUT2D eigenvalue weighted by Gasteiger charge is 2.06. The normalized spacial score (nSPS) is 9.50. The summed E-state index contributed by atoms with van der Waals surface area (Å²) in [6.07, 6.45) is 1.42. The van der Waals surface area contributed by atoms with E-state index in [1.54, 1.807) is 19.0 Å². The SMILES string of the molecule is CN(C)c1nccc(C(=O)O)n1. The van der Waals surface area contributed by atoms with Crippen molar-refractivity contribution in [3.63, 3.8) is 0 Å². The molecule has 0 aliphatic heterocycles. The molecule has 12 heavy (non-hydrogen) atoms. The molecule has 5 heteroatoms. The molecule has 5 nitrogen and oxygen atoms in total. The first-order valence-electron chi connectivity index (χ1n) is 3.35. The van der Waals surface area contributed by atoms with Crippen LogP contribution in [0, 0.1) is 0 Å². The topological polar surface area (TPSA) is 66.3 Å². The van der Waals surface area contributed by atoms with Gasteiger partial charge in [-0.25, -0.2) is 14.8 Å². The summed E-state index contributed by atoms with van der Waals surface area (Å²) < 4.78 is 0. The van der Waals surface area contributed by atoms with Gasteiger partial charge in [0.05, 0.1) is 0 Å². The Morgan fingerprint density at radius 1 is 1.58 bits per heavy atom. The Bertz CT molecular complexity index is 298. The van der Waals surface area contributed by atoms with E-state index in [2.05, 4.69) is 9.97 Å². The molecule has 0 unspecified atom stereocenters. The molecule has 0 aromatic carbocycles. The highest BCUT2D eigenvalue weighted by atomic mass is 16.4. The predicted octanol–water partition coefficient (Wildman–Crippen LogP) is 0.241. The Balaban J connectivity index is 3.04. The van der Waals surface area contributed by atoms with Crippen molar-refractivity contribution in [2.24, 2.45) is 0 Å². The van der Waals surface area contributed by atoms with E-state index < -0.39 is 5.97 Å². The summed E-state index contributed by atoms with van der Waals surface area (Å²) in [5.41, 5.74) is 0.00806. The molecule has 0 aliphatic rings. The van der Waals surface area contributed by atoms with Crippen molar-refractivity contribution in [2.75, 3.05) is 19.0 Å². The van der Waals surface area contributed by atoms with Crippen LogP contribution in [0.1, 0.15) is 10.5 Å². The van der Waals surface area contributed by atoms with Crippen molar-refractivity contribution >= 4 is 11.9 Å². The quantitative estimate of drug-likeness (QED) is 0.683. The number of hydrogen-bond acceptors (Lipinski definition) is 4. The van der Waals surface area contributed by atoms with E-state index in [0.29, 0.717) is 5.95 Å². The van der Waals surface area contributed by atoms with Crippen LogP contribution in [0.2, 0.25) is 0 Å². The number of carboxylic acid groups (broad SMARTS) is 1. The largest absolute Gasteiger partial charge is 0.477 e. The summed E-state index contributed by atoms with van der Waals surface area (Å²) in [7, 11) is 3.50. The van der Waals surface area contributed by atoms with Gasteiger partial charge in [0.15, 0.2) is 5.69 Å². The van der Waals surface area contributed by atoms with Crippen molar-refractivity contribution in [3.05, 3.63) is 18.0 Å². The van der Waals surface area contributed by atoms with Gasteiger partial charge in [-0.05, 0) is 6.07 Å². The molecule has 0 bridgehead atoms. The van der Waals surface area contributed by atoms with E-state index in [1.165, 1.54) is 12.3 Å². The lowest BCUT2D eigenvalue weighted by Crippen LogP contribution is -2.14. The molecule has 64 valence electrons. The number of anilines is 1. The summed E-state index contributed by atoms with van der Waals surface area (Å²) >= 11 is 0. The van der Waals surface area contributed by atoms with Gasteiger partial charge in [0, 0.05) is 20.3 Å². The maximum absolute atomic E-state index is 10.5. The monoisotopic (exact) mass is 167 g/mol. The summed E-state index contributed by atoms with van der Waals surface area (Å²) in [6.45, 7) is 0. The fourth-order valence-corrected chi connectivity index (χ4v) is 0.683. The molecule has 1 N–H and O–H groups in total. The number of aromatic nitrogens is 2. The number of rotatable bonds is 2. The zero-order valence-electron chi connectivity index (χ0n) is 6.85. The molecule has 1 rings (SSSR count). The molecular weight excluding hydrogens is 158 g/mol. The fourth-order valence-electron chi connectivity index (χ4n) is 0.683. The van der Waals surface area contributed by atoms with Crippen molar-refractivity contribution in [1.29, 1.82) is 0 Å². The van der Waals surface area contributed by atoms with Crippen molar-refractivity contribution in [3.8, 4) is 0 Å². The van der Waals surface area contributed by atoms with Gasteiger partial charge in [0.2, 0.25) is 5.95 Å². The lowest BCUT2D eigenvalue weighted by Gasteiger charge is -2.08. The van der Waals surface area contributed by atoms with E-state index in [-0.39, 0.29) is 5.69 Å². The third kappa shape index (κ3) is 1.69. The number of aromatic carboxylic acids is 1. The molecule has 0 aliphatic carbocycles. The van der Waals surface area contributed by atoms with Crippen LogP contribution in [0.25, 0.3) is 0 Å². The first kappa shape index (κ1) is 8.45. The van der Waals surface area contributed by atoms with Crippen molar-refractivity contribution in [1.82, 2.24) is 9.97 Å². The van der Waals surface area contributed by atoms with Gasteiger partial charge in [-0.1, -0.05) is 0 Å². The van der Waals surface area contributed by atoms with E-state index in [9.17, 15) is 4.79 Å². The molecule has 0 atom stereocenters. The summed E-state index contributed by atoms with van der Waals surface area (Å²) in [5.74, 6) is -0.643. The minimum atomic E-state index is -1.04. The molecular formula is C7H9N3O2. The summed E-state index contributed by atoms with van der Waals surface area (Å²) in [6, 6.07) is 1.36. The Morgan fingerprint density at radius 2 is 2.25 bits per heavy atom. The third-order valence-electron chi connectivity index (χ3n) is 1.26. The minimum Gasteiger partial charge on any atom is -0.477 e. The summed E-state index contributed by atoms with van der Waals surface area (Å²) in [5, 5.41) is 8.58. The van der Waals surface area contributed by atoms with Gasteiger partial charge in [-0.3, -0.25) is 0 Å². The smallest absolute Gasteiger partial charge is 0.354 e. The standard InChI is InChI=1S/C7H9N3O2/c1-10(2)7-8-4-3-5(9-7)6(11)12/h3-4H,1-2H3,(H,11,12). The lowest BCUT2D eigenvalue weighted by molar-refractivity contribution is 0.0690. The predicted molar refractivity (Wildman–Crippen MR) is 43.3 cm³/mol. The molecule has 0 saturated heterocycles. The first-order valence-corrected chi connectivity index (χ1v) is 3.35. The van der Waals surface area contributed by atoms with Crippen LogP contribution in [-0.4, -0.2) is 35.1 Å². The van der Waals surface area contributed by atoms with Crippen LogP contribution < -0.4 is 4.90 Å². The molecule has 0 saturated carbocycles. The second kappa shape index (κ2) is 3.17. The maximum atomic E-state index is 10.5. The van der Waals surface area contributed by atoms with Crippen LogP contribution in [-0.2, 0) is 0 Å². The lowest BCUT2D eigenvalue weighted by atomic mass is 10.4. The van der Waals surface area contributed by atoms with Crippen LogP contribution in [0.15, 0.2) is 12.3 Å². The Labute approximate surface area is 69.7 Å². The summed E-state index contributed by atoms with van der Waals surface area (Å²) in [4.78, 5) is 19.8. The highest BCUT2D eigenvalue weighted by molar-refractivity contribution is 5.85. The maximum Gasteiger partial charge on any atom is 0.354 e. The van der Waals surface area contributed by atoms with E-state index in [0.717, 1.165) is 0 Å². The number of nitrogens with zero attached hydrogens (tertiary/aromatic N) is 3. The van der Waals surface area contributed by atoms with Crippen molar-refractivity contribution < 1.29 is 9.90 Å². The second-order valence-electron chi connectivity index (χ2n) is 2.44. The van der Waals surface area contributed by atoms with Gasteiger partial charge < -0.3 is 10.0 Å². The van der Waals surface area contributed by atoms with E-state index in [1.807, 2.05) is 0 Å². The van der Waals surface area contributed by atoms with E-state index in [4.69, 9.17) is 5.11 Å². The fraction of sp³-hybridized carbons (Fsp3) is 0.286. The average molecular weight is 167 g/mol. The Morgan fingerprint density at radius 3 is 2.75 bits per heavy atom. The van der Waals surface area contributed by atoms with Crippen LogP contribution in [0.4, 0.5) is 5.95 Å². The molecule has 0 spiro atoms. The molecule has 0 fully saturated rings. The van der Waals surface area contributed by atoms with Crippen LogP contribution in [0.3, 0.4) is 0 Å². The second-order valence-corrected chi connectivity index (χ2v) is 2.44. The number of carbonyl (C=O) groups is 1. The molecule has 0 radical (unpaired) electrons. The molecule has 1 aromatic heterocycles. The van der Waals surface area contributed by atoms with Crippen LogP contribution >= 0.6 is 0 Å². The van der Waals surface area contributed by atoms with E-state index >= 15 is 0 Å². The van der Waals surface area contributed by atoms with Gasteiger partial charge >= 0.3 is 5.97 Å². The van der Waals surface area contributed by atoms with Crippen molar-refractivity contribution in [2.45, 2.75) is 0 Å². The van der Waals surface area contributed by atoms with Gasteiger partial charge in [-0.15, -0.1) is 0 Å². The van der Waals surface area contributed by atoms with Gasteiger partial charge in [0.25, 0.3) is 0 Å². The van der Waals surface area contributed by atoms with Gasteiger partial charge in [-0.2, -0.15) is 0 Å². The average Bonchev–Trinajstić information content (AvgIpc) is 2.04. The zero-order chi connectivity index (χ0) is 9.14. The van der Waals surface area contributed by atoms with Gasteiger partial charge in [0.1, 0.15) is 0 Å². The minimum absolute atomic E-state index is 0.00806. The Kier molecular flexibility index (Phi) is 2.23. The molecule has 1 aromatic rings. The Hall–Kier alpha value is -1.65. The molecule has 1 heterocycles. The highest BCUT2D eigenvalue weighted by Crippen LogP contribution is 2.02. The number of carboxylic acids is 1.